The SMILES string of the molecule is CC(C)c1cccc(C(=O)N2CC3CC3C2)n1. The van der Waals surface area contributed by atoms with Gasteiger partial charge in [-0.2, -0.15) is 0 Å². The van der Waals surface area contributed by atoms with Crippen LogP contribution in [0.3, 0.4) is 0 Å². The second-order valence-electron chi connectivity index (χ2n) is 5.57. The van der Waals surface area contributed by atoms with E-state index in [1.54, 1.807) is 0 Å². The van der Waals surface area contributed by atoms with Gasteiger partial charge in [0.1, 0.15) is 5.69 Å². The number of pyridine rings is 1. The number of fused-ring (bicyclic) bond motifs is 1. The van der Waals surface area contributed by atoms with Gasteiger partial charge in [0.25, 0.3) is 5.91 Å². The average Bonchev–Trinajstić information content (AvgIpc) is 2.95. The number of aromatic nitrogens is 1. The van der Waals surface area contributed by atoms with Gasteiger partial charge in [-0.15, -0.1) is 0 Å². The van der Waals surface area contributed by atoms with Crippen LogP contribution in [0, 0.1) is 11.8 Å². The molecule has 3 heteroatoms. The van der Waals surface area contributed by atoms with Crippen molar-refractivity contribution >= 4 is 5.91 Å². The van der Waals surface area contributed by atoms with Crippen LogP contribution in [0.4, 0.5) is 0 Å². The number of hydrogen-bond acceptors (Lipinski definition) is 2. The van der Waals surface area contributed by atoms with Gasteiger partial charge < -0.3 is 4.90 Å². The zero-order valence-corrected chi connectivity index (χ0v) is 10.4. The molecule has 0 radical (unpaired) electrons. The molecule has 17 heavy (non-hydrogen) atoms. The van der Waals surface area contributed by atoms with E-state index in [0.29, 0.717) is 11.6 Å². The van der Waals surface area contributed by atoms with Crippen molar-refractivity contribution in [1.29, 1.82) is 0 Å². The Hall–Kier alpha value is -1.38. The highest BCUT2D eigenvalue weighted by Crippen LogP contribution is 2.45. The average molecular weight is 230 g/mol. The minimum Gasteiger partial charge on any atom is -0.337 e. The third kappa shape index (κ3) is 1.94. The predicted octanol–water partition coefficient (Wildman–Crippen LogP) is 2.30. The van der Waals surface area contributed by atoms with E-state index in [9.17, 15) is 4.79 Å². The summed E-state index contributed by atoms with van der Waals surface area (Å²) >= 11 is 0. The van der Waals surface area contributed by atoms with Crippen LogP contribution in [0.15, 0.2) is 18.2 Å². The molecule has 1 aromatic rings. The second kappa shape index (κ2) is 3.83. The van der Waals surface area contributed by atoms with E-state index in [2.05, 4.69) is 18.8 Å². The molecule has 1 amide bonds. The monoisotopic (exact) mass is 230 g/mol. The van der Waals surface area contributed by atoms with Gasteiger partial charge in [-0.05, 0) is 36.3 Å². The van der Waals surface area contributed by atoms with E-state index in [-0.39, 0.29) is 5.91 Å². The maximum Gasteiger partial charge on any atom is 0.272 e. The second-order valence-corrected chi connectivity index (χ2v) is 5.57. The van der Waals surface area contributed by atoms with Crippen molar-refractivity contribution in [3.05, 3.63) is 29.6 Å². The summed E-state index contributed by atoms with van der Waals surface area (Å²) in [6.45, 7) is 6.08. The first-order valence-corrected chi connectivity index (χ1v) is 6.41. The number of rotatable bonds is 2. The van der Waals surface area contributed by atoms with Gasteiger partial charge in [-0.1, -0.05) is 19.9 Å². The Morgan fingerprint density at radius 1 is 1.35 bits per heavy atom. The Kier molecular flexibility index (Phi) is 2.42. The molecule has 3 nitrogen and oxygen atoms in total. The van der Waals surface area contributed by atoms with Gasteiger partial charge in [0.2, 0.25) is 0 Å². The fourth-order valence-electron chi connectivity index (χ4n) is 2.62. The molecule has 2 aliphatic rings. The molecular weight excluding hydrogens is 212 g/mol. The zero-order chi connectivity index (χ0) is 12.0. The number of carbonyl (C=O) groups is 1. The van der Waals surface area contributed by atoms with Crippen LogP contribution in [-0.4, -0.2) is 28.9 Å². The first-order valence-electron chi connectivity index (χ1n) is 6.41. The molecule has 0 N–H and O–H groups in total. The van der Waals surface area contributed by atoms with Gasteiger partial charge >= 0.3 is 0 Å². The highest BCUT2D eigenvalue weighted by Gasteiger charge is 2.46. The van der Waals surface area contributed by atoms with E-state index in [0.717, 1.165) is 30.6 Å². The van der Waals surface area contributed by atoms with Crippen LogP contribution in [0.2, 0.25) is 0 Å². The summed E-state index contributed by atoms with van der Waals surface area (Å²) in [5.41, 5.74) is 1.61. The summed E-state index contributed by atoms with van der Waals surface area (Å²) in [6.07, 6.45) is 1.32. The van der Waals surface area contributed by atoms with Crippen molar-refractivity contribution in [3.63, 3.8) is 0 Å². The van der Waals surface area contributed by atoms with Crippen molar-refractivity contribution < 1.29 is 4.79 Å². The number of amides is 1. The molecular formula is C14H18N2O. The van der Waals surface area contributed by atoms with Crippen LogP contribution < -0.4 is 0 Å². The van der Waals surface area contributed by atoms with E-state index in [1.807, 2.05) is 23.1 Å². The summed E-state index contributed by atoms with van der Waals surface area (Å²) in [5, 5.41) is 0. The van der Waals surface area contributed by atoms with E-state index < -0.39 is 0 Å². The molecule has 3 rings (SSSR count). The third-order valence-corrected chi connectivity index (χ3v) is 3.85. The first-order chi connectivity index (χ1) is 8.15. The highest BCUT2D eigenvalue weighted by atomic mass is 16.2. The van der Waals surface area contributed by atoms with Crippen molar-refractivity contribution in [2.75, 3.05) is 13.1 Å². The molecule has 2 heterocycles. The van der Waals surface area contributed by atoms with E-state index in [1.165, 1.54) is 6.42 Å². The zero-order valence-electron chi connectivity index (χ0n) is 10.4. The van der Waals surface area contributed by atoms with Crippen LogP contribution in [0.1, 0.15) is 42.4 Å². The lowest BCUT2D eigenvalue weighted by Gasteiger charge is -2.17. The number of likely N-dealkylation sites (tertiary alicyclic amines) is 1. The van der Waals surface area contributed by atoms with Gasteiger partial charge in [0.05, 0.1) is 0 Å². The largest absolute Gasteiger partial charge is 0.337 e. The Bertz CT molecular complexity index is 445. The first kappa shape index (κ1) is 10.8. The highest BCUT2D eigenvalue weighted by molar-refractivity contribution is 5.92. The maximum atomic E-state index is 12.3. The van der Waals surface area contributed by atoms with E-state index in [4.69, 9.17) is 0 Å². The number of nitrogens with zero attached hydrogens (tertiary/aromatic N) is 2. The maximum absolute atomic E-state index is 12.3. The van der Waals surface area contributed by atoms with Gasteiger partial charge in [0, 0.05) is 18.8 Å². The molecule has 1 saturated carbocycles. The molecule has 0 spiro atoms. The van der Waals surface area contributed by atoms with Crippen molar-refractivity contribution in [2.45, 2.75) is 26.2 Å². The predicted molar refractivity (Wildman–Crippen MR) is 65.8 cm³/mol. The Balaban J connectivity index is 1.78. The molecule has 2 fully saturated rings. The quantitative estimate of drug-likeness (QED) is 0.781. The Morgan fingerprint density at radius 3 is 2.71 bits per heavy atom. The van der Waals surface area contributed by atoms with E-state index >= 15 is 0 Å². The summed E-state index contributed by atoms with van der Waals surface area (Å²) in [6, 6.07) is 5.76. The summed E-state index contributed by atoms with van der Waals surface area (Å²) < 4.78 is 0. The van der Waals surface area contributed by atoms with Gasteiger partial charge in [-0.3, -0.25) is 4.79 Å². The van der Waals surface area contributed by atoms with Crippen LogP contribution >= 0.6 is 0 Å². The lowest BCUT2D eigenvalue weighted by molar-refractivity contribution is 0.0769. The van der Waals surface area contributed by atoms with Crippen LogP contribution in [-0.2, 0) is 0 Å². The minimum absolute atomic E-state index is 0.111. The number of piperidine rings is 1. The van der Waals surface area contributed by atoms with Crippen LogP contribution in [0.25, 0.3) is 0 Å². The molecule has 0 aromatic carbocycles. The lowest BCUT2D eigenvalue weighted by Crippen LogP contribution is -2.31. The Labute approximate surface area is 102 Å². The molecule has 2 atom stereocenters. The Morgan fingerprint density at radius 2 is 2.06 bits per heavy atom. The van der Waals surface area contributed by atoms with Crippen molar-refractivity contribution in [3.8, 4) is 0 Å². The fourth-order valence-corrected chi connectivity index (χ4v) is 2.62. The molecule has 0 bridgehead atoms. The molecule has 1 aliphatic heterocycles. The number of carbonyl (C=O) groups excluding carboxylic acids is 1. The number of hydrogen-bond donors (Lipinski definition) is 0. The van der Waals surface area contributed by atoms with Gasteiger partial charge in [0.15, 0.2) is 0 Å². The smallest absolute Gasteiger partial charge is 0.272 e. The van der Waals surface area contributed by atoms with Crippen LogP contribution in [0.5, 0.6) is 0 Å². The minimum atomic E-state index is 0.111. The molecule has 1 aliphatic carbocycles. The standard InChI is InChI=1S/C14H18N2O/c1-9(2)12-4-3-5-13(15-12)14(17)16-7-10-6-11(10)8-16/h3-5,9-11H,6-8H2,1-2H3. The lowest BCUT2D eigenvalue weighted by atomic mass is 10.1. The third-order valence-electron chi connectivity index (χ3n) is 3.85. The molecule has 90 valence electrons. The molecule has 1 saturated heterocycles. The van der Waals surface area contributed by atoms with Crippen molar-refractivity contribution in [1.82, 2.24) is 9.88 Å². The fraction of sp³-hybridized carbons (Fsp3) is 0.571. The molecule has 2 unspecified atom stereocenters. The summed E-state index contributed by atoms with van der Waals surface area (Å²) in [5.74, 6) is 2.05. The summed E-state index contributed by atoms with van der Waals surface area (Å²) in [4.78, 5) is 18.7. The van der Waals surface area contributed by atoms with Crippen molar-refractivity contribution in [2.24, 2.45) is 11.8 Å². The van der Waals surface area contributed by atoms with Gasteiger partial charge in [-0.25, -0.2) is 4.98 Å². The molecule has 1 aromatic heterocycles. The topological polar surface area (TPSA) is 33.2 Å². The normalized spacial score (nSPS) is 26.2. The summed E-state index contributed by atoms with van der Waals surface area (Å²) in [7, 11) is 0.